The molecule has 0 aliphatic carbocycles. The van der Waals surface area contributed by atoms with Gasteiger partial charge in [0, 0.05) is 6.54 Å². The van der Waals surface area contributed by atoms with E-state index in [4.69, 9.17) is 5.73 Å². The van der Waals surface area contributed by atoms with Crippen LogP contribution in [0.1, 0.15) is 48.4 Å². The highest BCUT2D eigenvalue weighted by Crippen LogP contribution is 2.18. The monoisotopic (exact) mass is 429 g/mol. The molecule has 0 fully saturated rings. The third-order valence-electron chi connectivity index (χ3n) is 4.36. The van der Waals surface area contributed by atoms with Crippen LogP contribution in [-0.4, -0.2) is 55.4 Å². The molecule has 3 rings (SSSR count). The van der Waals surface area contributed by atoms with Gasteiger partial charge in [0.25, 0.3) is 5.91 Å². The van der Waals surface area contributed by atoms with Gasteiger partial charge >= 0.3 is 0 Å². The molecule has 11 nitrogen and oxygen atoms in total. The third kappa shape index (κ3) is 5.48. The molecule has 2 heterocycles. The van der Waals surface area contributed by atoms with Gasteiger partial charge in [-0.05, 0) is 53.9 Å². The molecule has 0 radical (unpaired) electrons. The summed E-state index contributed by atoms with van der Waals surface area (Å²) in [6.45, 7) is 6.19. The zero-order valence-electron chi connectivity index (χ0n) is 17.3. The van der Waals surface area contributed by atoms with Gasteiger partial charge in [0.15, 0.2) is 5.69 Å². The molecule has 0 saturated heterocycles. The number of halogens is 1. The maximum absolute atomic E-state index is 13.3. The summed E-state index contributed by atoms with van der Waals surface area (Å²) in [6.07, 6.45) is 3.22. The van der Waals surface area contributed by atoms with E-state index in [-0.39, 0.29) is 17.3 Å². The summed E-state index contributed by atoms with van der Waals surface area (Å²) in [7, 11) is 0. The lowest BCUT2D eigenvalue weighted by Gasteiger charge is -2.21. The predicted molar refractivity (Wildman–Crippen MR) is 111 cm³/mol. The van der Waals surface area contributed by atoms with Gasteiger partial charge in [0.1, 0.15) is 5.82 Å². The van der Waals surface area contributed by atoms with Crippen molar-refractivity contribution in [2.45, 2.75) is 33.2 Å². The van der Waals surface area contributed by atoms with Gasteiger partial charge in [0.2, 0.25) is 11.6 Å². The van der Waals surface area contributed by atoms with Crippen LogP contribution in [0.3, 0.4) is 0 Å². The third-order valence-corrected chi connectivity index (χ3v) is 4.36. The number of nitrogens with two attached hydrogens (primary N) is 1. The second kappa shape index (κ2) is 10.4. The molecule has 1 aromatic carbocycles. The number of nitrogens with zero attached hydrogens (tertiary/aromatic N) is 7. The lowest BCUT2D eigenvalue weighted by Crippen LogP contribution is -2.28. The Bertz CT molecular complexity index is 1040. The number of anilines is 1. The number of benzene rings is 1. The normalized spacial score (nSPS) is 11.5. The number of hydrazone groups is 1. The number of rotatable bonds is 10. The Balaban J connectivity index is 1.87. The molecular formula is C19H24FN9O2. The first-order chi connectivity index (χ1) is 15.0. The zero-order chi connectivity index (χ0) is 22.2. The van der Waals surface area contributed by atoms with Gasteiger partial charge in [0.05, 0.1) is 11.9 Å². The molecule has 3 aromatic rings. The van der Waals surface area contributed by atoms with Gasteiger partial charge in [-0.15, -0.1) is 5.10 Å². The molecule has 164 valence electrons. The molecule has 2 aromatic heterocycles. The van der Waals surface area contributed by atoms with E-state index in [0.29, 0.717) is 17.8 Å². The smallest absolute Gasteiger partial charge is 0.293 e. The topological polar surface area (TPSA) is 140 Å². The molecule has 0 aliphatic rings. The number of nitrogen functional groups attached to an aromatic ring is 1. The van der Waals surface area contributed by atoms with Crippen LogP contribution < -0.4 is 11.2 Å². The standard InChI is InChI=1S/C19H24FN9O2/c1-3-8-28(9-4-2)12-15-16(23-27-29(15)18-17(21)25-31-26-18)19(30)24-22-11-13-6-5-7-14(20)10-13/h5-7,10-11H,3-4,8-9,12H2,1-2H3,(H2,21,25)(H,24,30). The molecule has 0 unspecified atom stereocenters. The second-order valence-corrected chi connectivity index (χ2v) is 6.80. The van der Waals surface area contributed by atoms with Crippen LogP contribution in [0.25, 0.3) is 5.82 Å². The van der Waals surface area contributed by atoms with Gasteiger partial charge in [-0.2, -0.15) is 9.78 Å². The van der Waals surface area contributed by atoms with Crippen molar-refractivity contribution in [3.05, 3.63) is 47.0 Å². The van der Waals surface area contributed by atoms with Crippen LogP contribution in [-0.2, 0) is 6.54 Å². The molecule has 0 atom stereocenters. The first-order valence-corrected chi connectivity index (χ1v) is 9.87. The van der Waals surface area contributed by atoms with Crippen molar-refractivity contribution in [2.75, 3.05) is 18.8 Å². The first-order valence-electron chi connectivity index (χ1n) is 9.87. The Morgan fingerprint density at radius 2 is 2.10 bits per heavy atom. The van der Waals surface area contributed by atoms with Gasteiger partial charge in [-0.25, -0.2) is 14.4 Å². The zero-order valence-corrected chi connectivity index (χ0v) is 17.3. The molecule has 1 amide bonds. The molecule has 3 N–H and O–H groups in total. The van der Waals surface area contributed by atoms with E-state index in [0.717, 1.165) is 25.9 Å². The van der Waals surface area contributed by atoms with E-state index in [1.165, 1.54) is 23.0 Å². The number of carbonyl (C=O) groups is 1. The lowest BCUT2D eigenvalue weighted by molar-refractivity contribution is 0.0947. The van der Waals surface area contributed by atoms with Crippen molar-refractivity contribution >= 4 is 17.9 Å². The fraction of sp³-hybridized carbons (Fsp3) is 0.368. The highest BCUT2D eigenvalue weighted by atomic mass is 19.1. The summed E-state index contributed by atoms with van der Waals surface area (Å²) in [5, 5.41) is 19.2. The van der Waals surface area contributed by atoms with Crippen LogP contribution in [0.4, 0.5) is 10.2 Å². The molecular weight excluding hydrogens is 405 g/mol. The van der Waals surface area contributed by atoms with E-state index in [1.807, 2.05) is 0 Å². The molecule has 0 saturated carbocycles. The number of nitrogens with one attached hydrogen (secondary N) is 1. The average Bonchev–Trinajstić information content (AvgIpc) is 3.34. The van der Waals surface area contributed by atoms with Crippen molar-refractivity contribution in [1.82, 2.24) is 35.6 Å². The summed E-state index contributed by atoms with van der Waals surface area (Å²) in [5.41, 5.74) is 9.25. The predicted octanol–water partition coefficient (Wildman–Crippen LogP) is 1.76. The quantitative estimate of drug-likeness (QED) is 0.367. The largest absolute Gasteiger partial charge is 0.378 e. The summed E-state index contributed by atoms with van der Waals surface area (Å²) < 4.78 is 19.3. The molecule has 0 spiro atoms. The van der Waals surface area contributed by atoms with E-state index < -0.39 is 11.7 Å². The number of hydrogen-bond acceptors (Lipinski definition) is 9. The van der Waals surface area contributed by atoms with E-state index >= 15 is 0 Å². The number of carbonyl (C=O) groups excluding carboxylic acids is 1. The Hall–Kier alpha value is -3.67. The minimum Gasteiger partial charge on any atom is -0.378 e. The molecule has 12 heteroatoms. The maximum atomic E-state index is 13.3. The molecule has 31 heavy (non-hydrogen) atoms. The fourth-order valence-corrected chi connectivity index (χ4v) is 3.05. The van der Waals surface area contributed by atoms with Crippen molar-refractivity contribution in [1.29, 1.82) is 0 Å². The molecule has 0 bridgehead atoms. The van der Waals surface area contributed by atoms with Crippen molar-refractivity contribution in [2.24, 2.45) is 5.10 Å². The summed E-state index contributed by atoms with van der Waals surface area (Å²) in [5.74, 6) is -0.791. The number of aromatic nitrogens is 5. The van der Waals surface area contributed by atoms with Crippen LogP contribution in [0.15, 0.2) is 34.0 Å². The Labute approximate surface area is 178 Å². The first kappa shape index (κ1) is 22.0. The van der Waals surface area contributed by atoms with Crippen molar-refractivity contribution < 1.29 is 13.8 Å². The summed E-state index contributed by atoms with van der Waals surface area (Å²) in [6, 6.07) is 5.83. The Morgan fingerprint density at radius 3 is 2.74 bits per heavy atom. The lowest BCUT2D eigenvalue weighted by atomic mass is 10.2. The fourth-order valence-electron chi connectivity index (χ4n) is 3.05. The minimum absolute atomic E-state index is 0.0276. The average molecular weight is 429 g/mol. The van der Waals surface area contributed by atoms with E-state index in [1.54, 1.807) is 12.1 Å². The van der Waals surface area contributed by atoms with Crippen LogP contribution in [0.2, 0.25) is 0 Å². The summed E-state index contributed by atoms with van der Waals surface area (Å²) in [4.78, 5) is 14.9. The van der Waals surface area contributed by atoms with E-state index in [9.17, 15) is 9.18 Å². The minimum atomic E-state index is -0.572. The van der Waals surface area contributed by atoms with Crippen molar-refractivity contribution in [3.63, 3.8) is 0 Å². The second-order valence-electron chi connectivity index (χ2n) is 6.80. The van der Waals surface area contributed by atoms with Gasteiger partial charge in [-0.1, -0.05) is 31.2 Å². The van der Waals surface area contributed by atoms with Crippen LogP contribution in [0.5, 0.6) is 0 Å². The van der Waals surface area contributed by atoms with Gasteiger partial charge < -0.3 is 5.73 Å². The van der Waals surface area contributed by atoms with Crippen LogP contribution in [0, 0.1) is 5.82 Å². The highest BCUT2D eigenvalue weighted by molar-refractivity contribution is 5.94. The number of hydrogen-bond donors (Lipinski definition) is 2. The number of amides is 1. The Morgan fingerprint density at radius 1 is 1.32 bits per heavy atom. The van der Waals surface area contributed by atoms with Gasteiger partial charge in [-0.3, -0.25) is 9.69 Å². The molecule has 0 aliphatic heterocycles. The summed E-state index contributed by atoms with van der Waals surface area (Å²) >= 11 is 0. The SMILES string of the molecule is CCCN(CCC)Cc1c(C(=O)NN=Cc2cccc(F)c2)nnn1-c1nonc1N. The van der Waals surface area contributed by atoms with Crippen molar-refractivity contribution in [3.8, 4) is 5.82 Å². The Kier molecular flexibility index (Phi) is 7.38. The highest BCUT2D eigenvalue weighted by Gasteiger charge is 2.25. The maximum Gasteiger partial charge on any atom is 0.293 e. The van der Waals surface area contributed by atoms with Crippen LogP contribution >= 0.6 is 0 Å². The van der Waals surface area contributed by atoms with E-state index in [2.05, 4.69) is 54.5 Å².